The maximum absolute atomic E-state index is 11.1. The molecule has 99 heavy (non-hydrogen) atoms. The molecular weight excluding hydrogens is 1290 g/mol. The van der Waals surface area contributed by atoms with Gasteiger partial charge in [0, 0.05) is 61.3 Å². The van der Waals surface area contributed by atoms with Gasteiger partial charge in [0.25, 0.3) is 5.56 Å². The Morgan fingerprint density at radius 1 is 0.364 bits per heavy atom. The van der Waals surface area contributed by atoms with Gasteiger partial charge in [-0.25, -0.2) is 0 Å². The van der Waals surface area contributed by atoms with Gasteiger partial charge in [0.15, 0.2) is 0 Å². The molecule has 9 aliphatic carbocycles. The molecule has 9 fully saturated rings. The molecule has 1 aromatic heterocycles. The summed E-state index contributed by atoms with van der Waals surface area (Å²) in [5.41, 5.74) is 53.1. The van der Waals surface area contributed by atoms with Crippen molar-refractivity contribution in [2.24, 2.45) is 93.0 Å². The lowest BCUT2D eigenvalue weighted by Gasteiger charge is -2.32. The number of hydrogen-bond donors (Lipinski definition) is 20. The summed E-state index contributed by atoms with van der Waals surface area (Å²) < 4.78 is 1.04. The monoisotopic (exact) mass is 1410 g/mol. The first-order valence-electron chi connectivity index (χ1n) is 34.9. The molecule has 0 spiro atoms. The largest absolute Gasteiger partial charge is 0.481 e. The molecule has 1 aromatic rings. The number of carboxylic acids is 10. The standard InChI is InChI=1S/2C8H15NO2.C7H8N2O3.3C7H13NO2.3C6H11NO2.C5H9NO2/c2*9-7-3-1-6(2-4-7)5-8(10)11;8-5-2-1-3-9(7(5)12)4-6(10)11;8-7(6(9)10)4-2-1-3-5-7;2*8-6-4-2-1-3-5(6)7(9)10;3*7-5-3-1-2-4(5)6(8)9;6-5(4(7)8)2-1-3-5/h2*6-7H,1-5,9H2,(H,10,11);1-3H,4,8H2,(H,10,11);1-5,8H2,(H,9,10);2*5-6H,1-4,8H2,(H,9,10);3*4-5H,1-3,7H2,(H,8,9);1-3,6H2,(H,7,8)/t;;;;5-,6+;5-,6-;4-,5+;2*4-,5-;/m....11110./s1. The zero-order valence-corrected chi connectivity index (χ0v) is 57.5. The van der Waals surface area contributed by atoms with E-state index >= 15 is 0 Å². The fraction of sp³-hybridized carbons (Fsp3) is 0.776. The van der Waals surface area contributed by atoms with Gasteiger partial charge in [-0.05, 0) is 172 Å². The number of aliphatic carboxylic acids is 10. The van der Waals surface area contributed by atoms with Gasteiger partial charge in [-0.3, -0.25) is 52.7 Å². The van der Waals surface area contributed by atoms with E-state index in [9.17, 15) is 52.7 Å². The molecule has 0 aromatic carbocycles. The quantitative estimate of drug-likeness (QED) is 0.133. The SMILES string of the molecule is NC1(C(=O)O)CCC1.NC1(C(=O)O)CCCCC1.NC1CCC(CC(=O)O)CC1.NC1CCC(CC(=O)O)CC1.N[C@@H]1CCCC[C@H]1C(=O)O.N[C@@H]1CCC[C@H]1C(=O)O.N[C@H]1CCCC[C@H]1C(=O)O.N[C@H]1CCC[C@@H]1C(=O)O.N[C@H]1CCC[C@H]1C(=O)O.Nc1cccn(CC(=O)O)c1=O. The summed E-state index contributed by atoms with van der Waals surface area (Å²) in [7, 11) is 0. The number of nitrogen functional groups attached to an aromatic ring is 1. The van der Waals surface area contributed by atoms with Gasteiger partial charge in [-0.2, -0.15) is 0 Å². The first kappa shape index (κ1) is 90.1. The van der Waals surface area contributed by atoms with Crippen LogP contribution < -0.4 is 62.9 Å². The Morgan fingerprint density at radius 2 is 0.636 bits per heavy atom. The van der Waals surface area contributed by atoms with Crippen molar-refractivity contribution in [2.45, 2.75) is 285 Å². The summed E-state index contributed by atoms with van der Waals surface area (Å²) >= 11 is 0. The lowest BCUT2D eigenvalue weighted by Crippen LogP contribution is -2.53. The number of pyridine rings is 1. The van der Waals surface area contributed by atoms with Crippen molar-refractivity contribution in [2.75, 3.05) is 5.73 Å². The number of nitrogens with two attached hydrogens (primary N) is 10. The molecule has 0 amide bonds. The van der Waals surface area contributed by atoms with E-state index in [1.54, 1.807) is 0 Å². The van der Waals surface area contributed by atoms with Gasteiger partial charge >= 0.3 is 59.7 Å². The predicted molar refractivity (Wildman–Crippen MR) is 367 cm³/mol. The highest BCUT2D eigenvalue weighted by molar-refractivity contribution is 5.80. The first-order valence-corrected chi connectivity index (χ1v) is 34.9. The van der Waals surface area contributed by atoms with Gasteiger partial charge < -0.3 is 113 Å². The van der Waals surface area contributed by atoms with Crippen LogP contribution in [0.2, 0.25) is 0 Å². The molecule has 10 atom stereocenters. The third-order valence-electron chi connectivity index (χ3n) is 19.8. The van der Waals surface area contributed by atoms with Crippen molar-refractivity contribution in [3.8, 4) is 0 Å². The maximum Gasteiger partial charge on any atom is 0.323 e. The summed E-state index contributed by atoms with van der Waals surface area (Å²) in [6, 6.07) is 3.10. The van der Waals surface area contributed by atoms with E-state index in [2.05, 4.69) is 0 Å². The lowest BCUT2D eigenvalue weighted by molar-refractivity contribution is -0.147. The molecular formula is C67H119N11O21. The van der Waals surface area contributed by atoms with Crippen LogP contribution in [0.5, 0.6) is 0 Å². The minimum absolute atomic E-state index is 0.0544. The van der Waals surface area contributed by atoms with Crippen molar-refractivity contribution in [3.05, 3.63) is 28.7 Å². The van der Waals surface area contributed by atoms with Gasteiger partial charge in [0.2, 0.25) is 0 Å². The molecule has 32 heteroatoms. The number of aromatic nitrogens is 1. The molecule has 0 unspecified atom stereocenters. The molecule has 9 saturated carbocycles. The number of anilines is 1. The van der Waals surface area contributed by atoms with E-state index in [-0.39, 0.29) is 72.0 Å². The zero-order valence-electron chi connectivity index (χ0n) is 57.5. The summed E-state index contributed by atoms with van der Waals surface area (Å²) in [6.45, 7) is -0.357. The van der Waals surface area contributed by atoms with Crippen LogP contribution in [-0.4, -0.2) is 169 Å². The summed E-state index contributed by atoms with van der Waals surface area (Å²) in [5.74, 6) is -8.41. The van der Waals surface area contributed by atoms with Crippen molar-refractivity contribution in [1.29, 1.82) is 0 Å². The number of carboxylic acid groups (broad SMARTS) is 10. The number of hydrogen-bond acceptors (Lipinski definition) is 21. The third-order valence-corrected chi connectivity index (χ3v) is 19.8. The average molecular weight is 1410 g/mol. The van der Waals surface area contributed by atoms with E-state index in [0.717, 1.165) is 191 Å². The minimum Gasteiger partial charge on any atom is -0.481 e. The minimum atomic E-state index is -1.07. The average Bonchev–Trinajstić information content (AvgIpc) is 1.64. The van der Waals surface area contributed by atoms with E-state index in [1.165, 1.54) is 18.3 Å². The van der Waals surface area contributed by atoms with Crippen LogP contribution in [0, 0.1) is 41.4 Å². The highest BCUT2D eigenvalue weighted by atomic mass is 16.4. The maximum atomic E-state index is 11.1. The van der Waals surface area contributed by atoms with Gasteiger partial charge in [0.05, 0.1) is 35.3 Å². The van der Waals surface area contributed by atoms with Gasteiger partial charge in [-0.1, -0.05) is 64.2 Å². The fourth-order valence-corrected chi connectivity index (χ4v) is 13.1. The van der Waals surface area contributed by atoms with Crippen LogP contribution in [0.1, 0.15) is 225 Å². The van der Waals surface area contributed by atoms with Crippen molar-refractivity contribution < 1.29 is 99.0 Å². The molecule has 1 heterocycles. The molecule has 0 bridgehead atoms. The molecule has 0 radical (unpaired) electrons. The topological polar surface area (TPSA) is 655 Å². The second-order valence-electron chi connectivity index (χ2n) is 27.8. The van der Waals surface area contributed by atoms with Crippen LogP contribution >= 0.6 is 0 Å². The molecule has 10 rings (SSSR count). The normalized spacial score (nSPS) is 28.9. The number of rotatable bonds is 13. The second kappa shape index (κ2) is 47.2. The van der Waals surface area contributed by atoms with Crippen LogP contribution in [0.25, 0.3) is 0 Å². The molecule has 32 nitrogen and oxygen atoms in total. The number of carbonyl (C=O) groups is 10. The lowest BCUT2D eigenvalue weighted by atomic mass is 9.78. The Kier molecular flexibility index (Phi) is 43.0. The predicted octanol–water partition coefficient (Wildman–Crippen LogP) is 3.93. The Balaban J connectivity index is 0.000000551. The van der Waals surface area contributed by atoms with E-state index in [4.69, 9.17) is 108 Å². The van der Waals surface area contributed by atoms with Crippen LogP contribution in [0.3, 0.4) is 0 Å². The van der Waals surface area contributed by atoms with E-state index in [0.29, 0.717) is 62.4 Å². The zero-order chi connectivity index (χ0) is 75.2. The van der Waals surface area contributed by atoms with Gasteiger partial charge in [-0.15, -0.1) is 0 Å². The fourth-order valence-electron chi connectivity index (χ4n) is 13.1. The summed E-state index contributed by atoms with van der Waals surface area (Å²) in [6.07, 6.45) is 31.9. The smallest absolute Gasteiger partial charge is 0.323 e. The summed E-state index contributed by atoms with van der Waals surface area (Å²) in [5, 5.41) is 85.2. The highest BCUT2D eigenvalue weighted by Gasteiger charge is 2.40. The first-order chi connectivity index (χ1) is 46.3. The molecule has 0 saturated heterocycles. The van der Waals surface area contributed by atoms with Crippen molar-refractivity contribution >= 4 is 65.4 Å². The molecule has 30 N–H and O–H groups in total. The Morgan fingerprint density at radius 3 is 0.848 bits per heavy atom. The molecule has 0 aliphatic heterocycles. The Bertz CT molecular complexity index is 2560. The van der Waals surface area contributed by atoms with Crippen LogP contribution in [0.4, 0.5) is 5.69 Å². The van der Waals surface area contributed by atoms with Crippen LogP contribution in [-0.2, 0) is 54.5 Å². The number of nitrogens with zero attached hydrogens (tertiary/aromatic N) is 1. The van der Waals surface area contributed by atoms with Crippen molar-refractivity contribution in [3.63, 3.8) is 0 Å². The third kappa shape index (κ3) is 36.3. The van der Waals surface area contributed by atoms with Gasteiger partial charge in [0.1, 0.15) is 17.6 Å². The molecule has 568 valence electrons. The highest BCUT2D eigenvalue weighted by Crippen LogP contribution is 2.31. The van der Waals surface area contributed by atoms with Crippen molar-refractivity contribution in [1.82, 2.24) is 4.57 Å². The molecule has 9 aliphatic rings. The Hall–Kier alpha value is -6.91. The Labute approximate surface area is 579 Å². The van der Waals surface area contributed by atoms with E-state index < -0.39 is 76.3 Å². The second-order valence-corrected chi connectivity index (χ2v) is 27.8. The summed E-state index contributed by atoms with van der Waals surface area (Å²) in [4.78, 5) is 115. The van der Waals surface area contributed by atoms with E-state index in [1.807, 2.05) is 0 Å². The van der Waals surface area contributed by atoms with Crippen LogP contribution in [0.15, 0.2) is 23.1 Å².